The van der Waals surface area contributed by atoms with Gasteiger partial charge in [0, 0.05) is 16.3 Å². The van der Waals surface area contributed by atoms with Crippen molar-refractivity contribution in [1.29, 1.82) is 0 Å². The van der Waals surface area contributed by atoms with Crippen LogP contribution in [-0.2, 0) is 11.0 Å². The quantitative estimate of drug-likeness (QED) is 0.206. The monoisotopic (exact) mass is 566 g/mol. The summed E-state index contributed by atoms with van der Waals surface area (Å²) in [5.74, 6) is -0.252. The van der Waals surface area contributed by atoms with Gasteiger partial charge in [0.1, 0.15) is 22.3 Å². The van der Waals surface area contributed by atoms with Crippen molar-refractivity contribution >= 4 is 35.0 Å². The number of benzene rings is 4. The molecule has 0 saturated carbocycles. The number of hydrogen-bond donors (Lipinski definition) is 2. The van der Waals surface area contributed by atoms with Gasteiger partial charge >= 0.3 is 6.18 Å². The molecule has 1 atom stereocenters. The lowest BCUT2D eigenvalue weighted by molar-refractivity contribution is -0.137. The zero-order chi connectivity index (χ0) is 28.7. The number of hydrogen-bond acceptors (Lipinski definition) is 5. The minimum Gasteiger partial charge on any atom is -0.496 e. The summed E-state index contributed by atoms with van der Waals surface area (Å²) in [7, 11) is 2.91. The summed E-state index contributed by atoms with van der Waals surface area (Å²) in [5, 5.41) is 4.65. The third-order valence-corrected chi connectivity index (χ3v) is 7.05. The minimum atomic E-state index is -4.53. The van der Waals surface area contributed by atoms with Gasteiger partial charge in [-0.25, -0.2) is 0 Å². The number of carbonyl (C=O) groups excluding carboxylic acids is 2. The van der Waals surface area contributed by atoms with Crippen molar-refractivity contribution in [2.45, 2.75) is 16.3 Å². The van der Waals surface area contributed by atoms with Gasteiger partial charge in [0.2, 0.25) is 5.91 Å². The molecule has 0 radical (unpaired) electrons. The first-order valence-electron chi connectivity index (χ1n) is 12.0. The van der Waals surface area contributed by atoms with Crippen molar-refractivity contribution in [2.24, 2.45) is 0 Å². The Hall–Kier alpha value is -4.44. The summed E-state index contributed by atoms with van der Waals surface area (Å²) in [6, 6.07) is 25.3. The first-order valence-corrected chi connectivity index (χ1v) is 12.9. The molecule has 4 aromatic carbocycles. The van der Waals surface area contributed by atoms with Gasteiger partial charge in [-0.05, 0) is 54.1 Å². The Morgan fingerprint density at radius 1 is 0.750 bits per heavy atom. The molecule has 0 saturated heterocycles. The number of thioether (sulfide) groups is 1. The molecule has 4 rings (SSSR count). The maximum atomic E-state index is 13.4. The van der Waals surface area contributed by atoms with Crippen LogP contribution in [0.15, 0.2) is 102 Å². The Labute approximate surface area is 233 Å². The van der Waals surface area contributed by atoms with Crippen LogP contribution in [0.1, 0.15) is 26.7 Å². The standard InChI is InChI=1S/C30H25F3N2O4S/c1-38-24-15-8-16-25(39-2)26(24)28(36)34-22-13-7-14-23(18-22)40-27(19-9-4-3-5-10-19)29(37)35-21-12-6-11-20(17-21)30(31,32)33/h3-18,27H,1-2H3,(H,34,36)(H,35,37). The van der Waals surface area contributed by atoms with Crippen molar-refractivity contribution in [1.82, 2.24) is 0 Å². The van der Waals surface area contributed by atoms with E-state index in [1.54, 1.807) is 72.8 Å². The van der Waals surface area contributed by atoms with Crippen molar-refractivity contribution in [3.05, 3.63) is 114 Å². The van der Waals surface area contributed by atoms with E-state index in [4.69, 9.17) is 9.47 Å². The molecule has 0 aliphatic rings. The van der Waals surface area contributed by atoms with Crippen LogP contribution < -0.4 is 20.1 Å². The van der Waals surface area contributed by atoms with Gasteiger partial charge in [-0.1, -0.05) is 48.5 Å². The third-order valence-electron chi connectivity index (χ3n) is 5.80. The van der Waals surface area contributed by atoms with Gasteiger partial charge in [-0.2, -0.15) is 13.2 Å². The summed E-state index contributed by atoms with van der Waals surface area (Å²) in [6.45, 7) is 0. The molecule has 40 heavy (non-hydrogen) atoms. The number of ether oxygens (including phenoxy) is 2. The molecule has 2 N–H and O–H groups in total. The Kier molecular flexibility index (Phi) is 9.00. The van der Waals surface area contributed by atoms with Crippen LogP contribution in [0.25, 0.3) is 0 Å². The van der Waals surface area contributed by atoms with Crippen molar-refractivity contribution in [2.75, 3.05) is 24.9 Å². The van der Waals surface area contributed by atoms with E-state index in [1.165, 1.54) is 38.1 Å². The summed E-state index contributed by atoms with van der Waals surface area (Å²) in [6.07, 6.45) is -4.53. The van der Waals surface area contributed by atoms with Crippen LogP contribution in [0.3, 0.4) is 0 Å². The Bertz CT molecular complexity index is 1470. The van der Waals surface area contributed by atoms with E-state index in [0.717, 1.165) is 12.1 Å². The number of methoxy groups -OCH3 is 2. The molecule has 10 heteroatoms. The second kappa shape index (κ2) is 12.6. The van der Waals surface area contributed by atoms with Crippen molar-refractivity contribution in [3.8, 4) is 11.5 Å². The largest absolute Gasteiger partial charge is 0.496 e. The van der Waals surface area contributed by atoms with Gasteiger partial charge in [0.25, 0.3) is 5.91 Å². The fourth-order valence-electron chi connectivity index (χ4n) is 3.93. The highest BCUT2D eigenvalue weighted by Gasteiger charge is 2.31. The average Bonchev–Trinajstić information content (AvgIpc) is 2.95. The number of alkyl halides is 3. The molecule has 1 unspecified atom stereocenters. The average molecular weight is 567 g/mol. The van der Waals surface area contributed by atoms with Crippen LogP contribution in [0.4, 0.5) is 24.5 Å². The maximum Gasteiger partial charge on any atom is 0.416 e. The molecule has 2 amide bonds. The second-order valence-electron chi connectivity index (χ2n) is 8.50. The summed E-state index contributed by atoms with van der Waals surface area (Å²) >= 11 is 1.20. The number of nitrogens with one attached hydrogen (secondary N) is 2. The smallest absolute Gasteiger partial charge is 0.416 e. The molecule has 6 nitrogen and oxygen atoms in total. The molecule has 4 aromatic rings. The van der Waals surface area contributed by atoms with E-state index in [-0.39, 0.29) is 11.3 Å². The zero-order valence-corrected chi connectivity index (χ0v) is 22.3. The lowest BCUT2D eigenvalue weighted by atomic mass is 10.1. The summed E-state index contributed by atoms with van der Waals surface area (Å²) in [5.41, 5.74) is 0.531. The molecule has 0 aliphatic heterocycles. The number of carbonyl (C=O) groups is 2. The summed E-state index contributed by atoms with van der Waals surface area (Å²) < 4.78 is 50.2. The molecular formula is C30H25F3N2O4S. The van der Waals surface area contributed by atoms with E-state index in [9.17, 15) is 22.8 Å². The predicted molar refractivity (Wildman–Crippen MR) is 149 cm³/mol. The van der Waals surface area contributed by atoms with E-state index in [1.807, 2.05) is 0 Å². The fraction of sp³-hybridized carbons (Fsp3) is 0.133. The molecular weight excluding hydrogens is 541 g/mol. The number of halogens is 3. The highest BCUT2D eigenvalue weighted by molar-refractivity contribution is 8.00. The topological polar surface area (TPSA) is 76.7 Å². The van der Waals surface area contributed by atoms with Crippen LogP contribution in [-0.4, -0.2) is 26.0 Å². The first-order chi connectivity index (χ1) is 19.2. The minimum absolute atomic E-state index is 0.0353. The summed E-state index contributed by atoms with van der Waals surface area (Å²) in [4.78, 5) is 27.1. The van der Waals surface area contributed by atoms with E-state index >= 15 is 0 Å². The Morgan fingerprint density at radius 2 is 1.35 bits per heavy atom. The number of amides is 2. The molecule has 0 aliphatic carbocycles. The predicted octanol–water partition coefficient (Wildman–Crippen LogP) is 7.45. The van der Waals surface area contributed by atoms with Gasteiger partial charge in [-0.15, -0.1) is 11.8 Å². The zero-order valence-electron chi connectivity index (χ0n) is 21.5. The number of rotatable bonds is 9. The fourth-order valence-corrected chi connectivity index (χ4v) is 5.02. The molecule has 0 bridgehead atoms. The highest BCUT2D eigenvalue weighted by Crippen LogP contribution is 2.38. The Balaban J connectivity index is 1.58. The SMILES string of the molecule is COc1cccc(OC)c1C(=O)Nc1cccc(SC(C(=O)Nc2cccc(C(F)(F)F)c2)c2ccccc2)c1. The lowest BCUT2D eigenvalue weighted by Crippen LogP contribution is -2.19. The number of anilines is 2. The molecule has 206 valence electrons. The highest BCUT2D eigenvalue weighted by atomic mass is 32.2. The van der Waals surface area contributed by atoms with E-state index in [0.29, 0.717) is 27.6 Å². The Morgan fingerprint density at radius 3 is 1.98 bits per heavy atom. The van der Waals surface area contributed by atoms with Crippen molar-refractivity contribution < 1.29 is 32.2 Å². The van der Waals surface area contributed by atoms with Gasteiger partial charge < -0.3 is 20.1 Å². The second-order valence-corrected chi connectivity index (χ2v) is 9.67. The molecule has 0 fully saturated rings. The van der Waals surface area contributed by atoms with Crippen LogP contribution in [0, 0.1) is 0 Å². The van der Waals surface area contributed by atoms with Crippen LogP contribution >= 0.6 is 11.8 Å². The van der Waals surface area contributed by atoms with E-state index < -0.39 is 28.8 Å². The van der Waals surface area contributed by atoms with Gasteiger partial charge in [-0.3, -0.25) is 9.59 Å². The molecule has 0 aromatic heterocycles. The van der Waals surface area contributed by atoms with E-state index in [2.05, 4.69) is 10.6 Å². The maximum absolute atomic E-state index is 13.4. The van der Waals surface area contributed by atoms with Crippen LogP contribution in [0.2, 0.25) is 0 Å². The normalized spacial score (nSPS) is 11.8. The third kappa shape index (κ3) is 6.95. The van der Waals surface area contributed by atoms with Gasteiger partial charge in [0.05, 0.1) is 19.8 Å². The van der Waals surface area contributed by atoms with Gasteiger partial charge in [0.15, 0.2) is 0 Å². The van der Waals surface area contributed by atoms with Crippen LogP contribution in [0.5, 0.6) is 11.5 Å². The lowest BCUT2D eigenvalue weighted by Gasteiger charge is -2.18. The molecule has 0 spiro atoms. The molecule has 0 heterocycles. The first kappa shape index (κ1) is 28.6. The van der Waals surface area contributed by atoms with Crippen molar-refractivity contribution in [3.63, 3.8) is 0 Å².